The van der Waals surface area contributed by atoms with Gasteiger partial charge >= 0.3 is 5.97 Å². The number of carbonyl (C=O) groups excluding carboxylic acids is 1. The van der Waals surface area contributed by atoms with Crippen LogP contribution >= 0.6 is 0 Å². The maximum Gasteiger partial charge on any atom is 0.345 e. The van der Waals surface area contributed by atoms with Gasteiger partial charge in [0.1, 0.15) is 0 Å². The van der Waals surface area contributed by atoms with Gasteiger partial charge in [0.05, 0.1) is 26.8 Å². The lowest BCUT2D eigenvalue weighted by atomic mass is 10.1. The number of nitrogens with zero attached hydrogens (tertiary/aromatic N) is 4. The Kier molecular flexibility index (Phi) is 5.35. The molecule has 0 atom stereocenters. The number of benzene rings is 2. The topological polar surface area (TPSA) is 130 Å². The first-order valence-corrected chi connectivity index (χ1v) is 8.61. The van der Waals surface area contributed by atoms with E-state index < -0.39 is 15.8 Å². The lowest BCUT2D eigenvalue weighted by Gasteiger charge is -2.08. The molecule has 0 saturated heterocycles. The van der Waals surface area contributed by atoms with E-state index in [2.05, 4.69) is 5.10 Å². The summed E-state index contributed by atoms with van der Waals surface area (Å²) in [6.45, 7) is 3.45. The highest BCUT2D eigenvalue weighted by molar-refractivity contribution is 5.91. The van der Waals surface area contributed by atoms with E-state index in [1.54, 1.807) is 13.0 Å². The van der Waals surface area contributed by atoms with Gasteiger partial charge in [0.25, 0.3) is 11.4 Å². The Labute approximate surface area is 164 Å². The molecule has 0 saturated carbocycles. The Balaban J connectivity index is 1.94. The Bertz CT molecular complexity index is 1100. The van der Waals surface area contributed by atoms with Gasteiger partial charge in [0, 0.05) is 29.8 Å². The predicted octanol–water partition coefficient (Wildman–Crippen LogP) is 3.78. The number of ether oxygens (including phenoxy) is 1. The first kappa shape index (κ1) is 19.7. The van der Waals surface area contributed by atoms with E-state index in [4.69, 9.17) is 4.74 Å². The molecule has 0 unspecified atom stereocenters. The molecule has 0 bridgehead atoms. The van der Waals surface area contributed by atoms with Gasteiger partial charge in [-0.1, -0.05) is 13.0 Å². The van der Waals surface area contributed by atoms with E-state index in [0.29, 0.717) is 23.4 Å². The minimum Gasteiger partial charge on any atom is -0.404 e. The molecule has 3 aromatic rings. The van der Waals surface area contributed by atoms with Crippen LogP contribution in [0.5, 0.6) is 5.88 Å². The molecule has 3 rings (SSSR count). The van der Waals surface area contributed by atoms with Crippen molar-refractivity contribution in [3.8, 4) is 11.6 Å². The normalized spacial score (nSPS) is 10.6. The fraction of sp³-hybridized carbons (Fsp3) is 0.158. The van der Waals surface area contributed by atoms with Gasteiger partial charge in [-0.3, -0.25) is 20.2 Å². The van der Waals surface area contributed by atoms with Gasteiger partial charge in [-0.25, -0.2) is 9.48 Å². The highest BCUT2D eigenvalue weighted by Gasteiger charge is 2.19. The fourth-order valence-electron chi connectivity index (χ4n) is 2.64. The summed E-state index contributed by atoms with van der Waals surface area (Å²) in [6.07, 6.45) is 0.570. The van der Waals surface area contributed by atoms with Crippen molar-refractivity contribution in [1.29, 1.82) is 0 Å². The molecule has 0 spiro atoms. The third-order valence-corrected chi connectivity index (χ3v) is 4.23. The first-order chi connectivity index (χ1) is 13.8. The monoisotopic (exact) mass is 396 g/mol. The zero-order valence-electron chi connectivity index (χ0n) is 15.6. The van der Waals surface area contributed by atoms with E-state index in [1.165, 1.54) is 41.1 Å². The minimum atomic E-state index is -0.779. The summed E-state index contributed by atoms with van der Waals surface area (Å²) in [4.78, 5) is 33.4. The van der Waals surface area contributed by atoms with E-state index in [0.717, 1.165) is 6.07 Å². The zero-order chi connectivity index (χ0) is 21.1. The van der Waals surface area contributed by atoms with Crippen molar-refractivity contribution in [2.75, 3.05) is 0 Å². The molecule has 0 aliphatic heterocycles. The molecule has 0 aliphatic rings. The molecule has 10 heteroatoms. The highest BCUT2D eigenvalue weighted by Crippen LogP contribution is 2.24. The highest BCUT2D eigenvalue weighted by atomic mass is 16.6. The van der Waals surface area contributed by atoms with Crippen molar-refractivity contribution < 1.29 is 19.4 Å². The molecule has 1 heterocycles. The number of rotatable bonds is 6. The number of hydrogen-bond donors (Lipinski definition) is 0. The van der Waals surface area contributed by atoms with Crippen LogP contribution in [0.15, 0.2) is 48.5 Å². The van der Waals surface area contributed by atoms with Crippen LogP contribution in [0.1, 0.15) is 28.5 Å². The third-order valence-electron chi connectivity index (χ3n) is 4.23. The number of carbonyl (C=O) groups is 1. The molecule has 10 nitrogen and oxygen atoms in total. The molecule has 0 aliphatic carbocycles. The van der Waals surface area contributed by atoms with Crippen LogP contribution in [0.4, 0.5) is 11.4 Å². The molecule has 1 aromatic heterocycles. The molecule has 148 valence electrons. The standard InChI is InChI=1S/C19H16N4O6/c1-3-14-11-18(21(20-14)15-6-8-16(9-7-15)22(25)26)29-19(24)13-5-4-12(2)17(10-13)23(27)28/h4-11H,3H2,1-2H3. The van der Waals surface area contributed by atoms with Gasteiger partial charge < -0.3 is 4.74 Å². The van der Waals surface area contributed by atoms with Crippen molar-refractivity contribution in [1.82, 2.24) is 9.78 Å². The number of hydrogen-bond acceptors (Lipinski definition) is 7. The second kappa shape index (κ2) is 7.89. The smallest absolute Gasteiger partial charge is 0.345 e. The molecule has 2 aromatic carbocycles. The quantitative estimate of drug-likeness (QED) is 0.352. The minimum absolute atomic E-state index is 0.0248. The number of esters is 1. The molecule has 29 heavy (non-hydrogen) atoms. The van der Waals surface area contributed by atoms with Crippen LogP contribution < -0.4 is 4.74 Å². The Morgan fingerprint density at radius 3 is 2.34 bits per heavy atom. The summed E-state index contributed by atoms with van der Waals surface area (Å²) in [5.74, 6) is -0.678. The molecular formula is C19H16N4O6. The zero-order valence-corrected chi connectivity index (χ0v) is 15.6. The van der Waals surface area contributed by atoms with Crippen LogP contribution in [0.3, 0.4) is 0 Å². The lowest BCUT2D eigenvalue weighted by molar-refractivity contribution is -0.385. The maximum atomic E-state index is 12.5. The van der Waals surface area contributed by atoms with Crippen molar-refractivity contribution in [3.63, 3.8) is 0 Å². The van der Waals surface area contributed by atoms with E-state index in [9.17, 15) is 25.0 Å². The van der Waals surface area contributed by atoms with E-state index in [1.807, 2.05) is 6.92 Å². The molecule has 0 N–H and O–H groups in total. The van der Waals surface area contributed by atoms with Crippen LogP contribution in [-0.4, -0.2) is 25.6 Å². The molecule has 0 amide bonds. The van der Waals surface area contributed by atoms with Crippen LogP contribution in [0.25, 0.3) is 5.69 Å². The number of non-ortho nitro benzene ring substituents is 1. The maximum absolute atomic E-state index is 12.5. The predicted molar refractivity (Wildman–Crippen MR) is 102 cm³/mol. The lowest BCUT2D eigenvalue weighted by Crippen LogP contribution is -2.12. The van der Waals surface area contributed by atoms with Crippen LogP contribution in [0.2, 0.25) is 0 Å². The number of aryl methyl sites for hydroxylation is 2. The number of nitro benzene ring substituents is 2. The first-order valence-electron chi connectivity index (χ1n) is 8.61. The molecular weight excluding hydrogens is 380 g/mol. The Morgan fingerprint density at radius 1 is 1.07 bits per heavy atom. The number of aromatic nitrogens is 2. The summed E-state index contributed by atoms with van der Waals surface area (Å²) in [5, 5.41) is 26.3. The fourth-order valence-corrected chi connectivity index (χ4v) is 2.64. The molecule has 0 radical (unpaired) electrons. The van der Waals surface area contributed by atoms with E-state index >= 15 is 0 Å². The van der Waals surface area contributed by atoms with Gasteiger partial charge in [-0.05, 0) is 31.5 Å². The van der Waals surface area contributed by atoms with Gasteiger partial charge in [0.2, 0.25) is 5.88 Å². The van der Waals surface area contributed by atoms with Crippen LogP contribution in [0, 0.1) is 27.2 Å². The van der Waals surface area contributed by atoms with Crippen molar-refractivity contribution in [3.05, 3.63) is 85.6 Å². The summed E-state index contributed by atoms with van der Waals surface area (Å²) < 4.78 is 6.78. The largest absolute Gasteiger partial charge is 0.404 e. The Morgan fingerprint density at radius 2 is 1.76 bits per heavy atom. The second-order valence-corrected chi connectivity index (χ2v) is 6.16. The van der Waals surface area contributed by atoms with Crippen molar-refractivity contribution in [2.24, 2.45) is 0 Å². The molecule has 0 fully saturated rings. The van der Waals surface area contributed by atoms with Crippen molar-refractivity contribution >= 4 is 17.3 Å². The van der Waals surface area contributed by atoms with Gasteiger partial charge in [-0.2, -0.15) is 5.10 Å². The average Bonchev–Trinajstić information content (AvgIpc) is 3.11. The van der Waals surface area contributed by atoms with Crippen molar-refractivity contribution in [2.45, 2.75) is 20.3 Å². The summed E-state index contributed by atoms with van der Waals surface area (Å²) in [6, 6.07) is 11.2. The average molecular weight is 396 g/mol. The van der Waals surface area contributed by atoms with Crippen LogP contribution in [-0.2, 0) is 6.42 Å². The second-order valence-electron chi connectivity index (χ2n) is 6.16. The summed E-state index contributed by atoms with van der Waals surface area (Å²) in [5.41, 5.74) is 1.29. The van der Waals surface area contributed by atoms with Gasteiger partial charge in [-0.15, -0.1) is 0 Å². The van der Waals surface area contributed by atoms with Gasteiger partial charge in [0.15, 0.2) is 0 Å². The number of nitro groups is 2. The van der Waals surface area contributed by atoms with E-state index in [-0.39, 0.29) is 22.8 Å². The third kappa shape index (κ3) is 4.10. The SMILES string of the molecule is CCc1cc(OC(=O)c2ccc(C)c([N+](=O)[O-])c2)n(-c2ccc([N+](=O)[O-])cc2)n1. The summed E-state index contributed by atoms with van der Waals surface area (Å²) >= 11 is 0. The Hall–Kier alpha value is -4.08. The summed E-state index contributed by atoms with van der Waals surface area (Å²) in [7, 11) is 0.